The number of rotatable bonds is 10. The Hall–Kier alpha value is -0.940. The molecule has 0 heterocycles. The Kier molecular flexibility index (Phi) is 8.42. The molecule has 4 nitrogen and oxygen atoms in total. The van der Waals surface area contributed by atoms with Crippen LogP contribution in [0, 0.1) is 0 Å². The van der Waals surface area contributed by atoms with Crippen LogP contribution in [0.4, 0.5) is 0 Å². The summed E-state index contributed by atoms with van der Waals surface area (Å²) in [4.78, 5) is 2.20. The fourth-order valence-corrected chi connectivity index (χ4v) is 1.50. The molecule has 0 atom stereocenters. The van der Waals surface area contributed by atoms with Gasteiger partial charge in [-0.2, -0.15) is 0 Å². The van der Waals surface area contributed by atoms with E-state index in [9.17, 15) is 0 Å². The largest absolute Gasteiger partial charge is 0.379 e. The van der Waals surface area contributed by atoms with E-state index in [4.69, 9.17) is 15.2 Å². The van der Waals surface area contributed by atoms with Crippen LogP contribution in [0.5, 0.6) is 0 Å². The molecule has 1 aromatic rings. The van der Waals surface area contributed by atoms with Crippen molar-refractivity contribution in [3.63, 3.8) is 0 Å². The molecule has 0 aliphatic rings. The van der Waals surface area contributed by atoms with E-state index in [-0.39, 0.29) is 0 Å². The molecule has 102 valence electrons. The second-order valence-electron chi connectivity index (χ2n) is 4.24. The molecule has 4 heteroatoms. The van der Waals surface area contributed by atoms with Crippen LogP contribution in [-0.2, 0) is 16.1 Å². The number of nitrogens with zero attached hydrogens (tertiary/aromatic N) is 1. The molecule has 0 amide bonds. The Morgan fingerprint density at radius 3 is 2.33 bits per heavy atom. The minimum Gasteiger partial charge on any atom is -0.379 e. The van der Waals surface area contributed by atoms with Gasteiger partial charge in [-0.25, -0.2) is 0 Å². The first kappa shape index (κ1) is 15.1. The molecular formula is C14H24N2O2. The van der Waals surface area contributed by atoms with Crippen LogP contribution in [0.2, 0.25) is 0 Å². The van der Waals surface area contributed by atoms with Crippen molar-refractivity contribution in [2.75, 3.05) is 46.5 Å². The van der Waals surface area contributed by atoms with Gasteiger partial charge in [-0.1, -0.05) is 30.3 Å². The lowest BCUT2D eigenvalue weighted by atomic mass is 10.2. The van der Waals surface area contributed by atoms with Gasteiger partial charge in [-0.3, -0.25) is 0 Å². The summed E-state index contributed by atoms with van der Waals surface area (Å²) < 4.78 is 10.9. The summed E-state index contributed by atoms with van der Waals surface area (Å²) in [5.41, 5.74) is 6.55. The first-order valence-corrected chi connectivity index (χ1v) is 6.41. The molecular weight excluding hydrogens is 228 g/mol. The van der Waals surface area contributed by atoms with Crippen molar-refractivity contribution in [2.45, 2.75) is 6.61 Å². The highest BCUT2D eigenvalue weighted by Gasteiger charge is 1.98. The Morgan fingerprint density at radius 2 is 1.67 bits per heavy atom. The Balaban J connectivity index is 1.97. The van der Waals surface area contributed by atoms with Crippen molar-refractivity contribution in [1.82, 2.24) is 4.90 Å². The molecule has 0 aliphatic heterocycles. The summed E-state index contributed by atoms with van der Waals surface area (Å²) in [5.74, 6) is 0. The van der Waals surface area contributed by atoms with Crippen molar-refractivity contribution in [2.24, 2.45) is 5.73 Å². The van der Waals surface area contributed by atoms with Gasteiger partial charge in [0, 0.05) is 19.6 Å². The predicted octanol–water partition coefficient (Wildman–Crippen LogP) is 1.11. The first-order chi connectivity index (χ1) is 8.83. The van der Waals surface area contributed by atoms with E-state index < -0.39 is 0 Å². The van der Waals surface area contributed by atoms with Crippen molar-refractivity contribution in [3.05, 3.63) is 35.9 Å². The molecule has 18 heavy (non-hydrogen) atoms. The topological polar surface area (TPSA) is 47.7 Å². The van der Waals surface area contributed by atoms with E-state index in [0.29, 0.717) is 19.8 Å². The predicted molar refractivity (Wildman–Crippen MR) is 73.5 cm³/mol. The molecule has 0 bridgehead atoms. The zero-order valence-corrected chi connectivity index (χ0v) is 11.2. The lowest BCUT2D eigenvalue weighted by molar-refractivity contribution is 0.0801. The number of benzene rings is 1. The fourth-order valence-electron chi connectivity index (χ4n) is 1.50. The van der Waals surface area contributed by atoms with E-state index in [1.54, 1.807) is 0 Å². The average molecular weight is 252 g/mol. The minimum atomic E-state index is 0.587. The van der Waals surface area contributed by atoms with Gasteiger partial charge in [0.25, 0.3) is 0 Å². The monoisotopic (exact) mass is 252 g/mol. The van der Waals surface area contributed by atoms with Gasteiger partial charge in [0.15, 0.2) is 0 Å². The summed E-state index contributed by atoms with van der Waals surface area (Å²) in [6.45, 7) is 5.20. The summed E-state index contributed by atoms with van der Waals surface area (Å²) >= 11 is 0. The average Bonchev–Trinajstić information content (AvgIpc) is 2.41. The van der Waals surface area contributed by atoms with Crippen molar-refractivity contribution < 1.29 is 9.47 Å². The Bertz CT molecular complexity index is 293. The Morgan fingerprint density at radius 1 is 1.00 bits per heavy atom. The number of likely N-dealkylation sites (N-methyl/N-ethyl adjacent to an activating group) is 1. The maximum Gasteiger partial charge on any atom is 0.0717 e. The van der Waals surface area contributed by atoms with E-state index in [0.717, 1.165) is 26.3 Å². The zero-order valence-electron chi connectivity index (χ0n) is 11.2. The second-order valence-corrected chi connectivity index (χ2v) is 4.24. The van der Waals surface area contributed by atoms with Crippen LogP contribution >= 0.6 is 0 Å². The third-order valence-corrected chi connectivity index (χ3v) is 2.61. The van der Waals surface area contributed by atoms with Crippen LogP contribution < -0.4 is 5.73 Å². The Labute approximate surface area is 110 Å². The van der Waals surface area contributed by atoms with Gasteiger partial charge in [0.1, 0.15) is 0 Å². The molecule has 0 aliphatic carbocycles. The lowest BCUT2D eigenvalue weighted by Crippen LogP contribution is -2.27. The van der Waals surface area contributed by atoms with Crippen molar-refractivity contribution in [1.29, 1.82) is 0 Å². The molecule has 1 rings (SSSR count). The fraction of sp³-hybridized carbons (Fsp3) is 0.571. The molecule has 0 spiro atoms. The van der Waals surface area contributed by atoms with Crippen molar-refractivity contribution >= 4 is 0 Å². The van der Waals surface area contributed by atoms with Crippen LogP contribution in [0.15, 0.2) is 30.3 Å². The van der Waals surface area contributed by atoms with Crippen LogP contribution in [0.25, 0.3) is 0 Å². The SMILES string of the molecule is CN(CCOCCN)CCOCc1ccccc1. The summed E-state index contributed by atoms with van der Waals surface area (Å²) in [5, 5.41) is 0. The van der Waals surface area contributed by atoms with Crippen LogP contribution in [0.1, 0.15) is 5.56 Å². The van der Waals surface area contributed by atoms with Gasteiger partial charge < -0.3 is 20.1 Å². The summed E-state index contributed by atoms with van der Waals surface area (Å²) in [6.07, 6.45) is 0. The quantitative estimate of drug-likeness (QED) is 0.634. The van der Waals surface area contributed by atoms with Gasteiger partial charge in [-0.05, 0) is 12.6 Å². The van der Waals surface area contributed by atoms with Crippen LogP contribution in [-0.4, -0.2) is 51.4 Å². The summed E-state index contributed by atoms with van der Waals surface area (Å²) in [7, 11) is 2.07. The molecule has 0 aromatic heterocycles. The first-order valence-electron chi connectivity index (χ1n) is 6.41. The van der Waals surface area contributed by atoms with Gasteiger partial charge in [0.05, 0.1) is 26.4 Å². The third-order valence-electron chi connectivity index (χ3n) is 2.61. The van der Waals surface area contributed by atoms with Crippen LogP contribution in [0.3, 0.4) is 0 Å². The van der Waals surface area contributed by atoms with Gasteiger partial charge in [0.2, 0.25) is 0 Å². The highest BCUT2D eigenvalue weighted by molar-refractivity contribution is 5.13. The number of ether oxygens (including phenoxy) is 2. The normalized spacial score (nSPS) is 11.1. The highest BCUT2D eigenvalue weighted by atomic mass is 16.5. The van der Waals surface area contributed by atoms with Gasteiger partial charge in [-0.15, -0.1) is 0 Å². The van der Waals surface area contributed by atoms with Crippen molar-refractivity contribution in [3.8, 4) is 0 Å². The molecule has 0 saturated carbocycles. The summed E-state index contributed by atoms with van der Waals surface area (Å²) in [6, 6.07) is 10.2. The smallest absolute Gasteiger partial charge is 0.0717 e. The maximum absolute atomic E-state index is 5.62. The van der Waals surface area contributed by atoms with E-state index >= 15 is 0 Å². The highest BCUT2D eigenvalue weighted by Crippen LogP contribution is 2.00. The number of hydrogen-bond donors (Lipinski definition) is 1. The molecule has 1 aromatic carbocycles. The molecule has 0 radical (unpaired) electrons. The second kappa shape index (κ2) is 10.0. The third kappa shape index (κ3) is 7.40. The van der Waals surface area contributed by atoms with E-state index in [1.165, 1.54) is 5.56 Å². The lowest BCUT2D eigenvalue weighted by Gasteiger charge is -2.16. The molecule has 2 N–H and O–H groups in total. The van der Waals surface area contributed by atoms with Gasteiger partial charge >= 0.3 is 0 Å². The minimum absolute atomic E-state index is 0.587. The molecule has 0 unspecified atom stereocenters. The number of nitrogens with two attached hydrogens (primary N) is 1. The molecule has 0 saturated heterocycles. The number of hydrogen-bond acceptors (Lipinski definition) is 4. The van der Waals surface area contributed by atoms with E-state index in [2.05, 4.69) is 24.1 Å². The van der Waals surface area contributed by atoms with E-state index in [1.807, 2.05) is 18.2 Å². The maximum atomic E-state index is 5.62. The standard InChI is InChI=1S/C14H24N2O2/c1-16(8-11-17-10-7-15)9-12-18-13-14-5-3-2-4-6-14/h2-6H,7-13,15H2,1H3. The zero-order chi connectivity index (χ0) is 13.1. The molecule has 0 fully saturated rings.